The Labute approximate surface area is 110 Å². The molecule has 1 N–H and O–H groups in total. The fourth-order valence-electron chi connectivity index (χ4n) is 1.77. The second kappa shape index (κ2) is 5.43. The molecule has 1 aromatic carbocycles. The number of non-ortho nitro benzene ring substituents is 1. The number of carbonyl (C=O) groups excluding carboxylic acids is 1. The van der Waals surface area contributed by atoms with Crippen LogP contribution in [0.1, 0.15) is 18.4 Å². The quantitative estimate of drug-likeness (QED) is 0.388. The number of hydrogen-bond donors (Lipinski definition) is 1. The first-order valence-corrected chi connectivity index (χ1v) is 5.80. The largest absolute Gasteiger partial charge is 0.273 e. The van der Waals surface area contributed by atoms with Crippen molar-refractivity contribution in [3.63, 3.8) is 0 Å². The highest BCUT2D eigenvalue weighted by Crippen LogP contribution is 2.31. The van der Waals surface area contributed by atoms with Crippen LogP contribution in [0.25, 0.3) is 0 Å². The van der Waals surface area contributed by atoms with E-state index in [-0.39, 0.29) is 17.5 Å². The SMILES string of the molecule is C=C1CC(C(=O)N/N=C\c2ccc([N+](=O)[O-])cc2)C1. The van der Waals surface area contributed by atoms with E-state index in [0.717, 1.165) is 18.4 Å². The smallest absolute Gasteiger partial charge is 0.269 e. The summed E-state index contributed by atoms with van der Waals surface area (Å²) in [5, 5.41) is 14.3. The highest BCUT2D eigenvalue weighted by molar-refractivity contribution is 5.84. The van der Waals surface area contributed by atoms with Crippen LogP contribution in [0.2, 0.25) is 0 Å². The Morgan fingerprint density at radius 1 is 1.42 bits per heavy atom. The second-order valence-corrected chi connectivity index (χ2v) is 4.44. The molecule has 98 valence electrons. The minimum atomic E-state index is -0.466. The third kappa shape index (κ3) is 3.25. The molecule has 2 rings (SSSR count). The van der Waals surface area contributed by atoms with E-state index in [1.807, 2.05) is 0 Å². The summed E-state index contributed by atoms with van der Waals surface area (Å²) in [6.07, 6.45) is 2.90. The molecule has 0 spiro atoms. The number of carbonyl (C=O) groups is 1. The molecule has 0 saturated heterocycles. The fourth-order valence-corrected chi connectivity index (χ4v) is 1.77. The van der Waals surface area contributed by atoms with Gasteiger partial charge in [0, 0.05) is 18.1 Å². The van der Waals surface area contributed by atoms with Gasteiger partial charge in [-0.2, -0.15) is 5.10 Å². The van der Waals surface area contributed by atoms with E-state index in [2.05, 4.69) is 17.1 Å². The molecule has 19 heavy (non-hydrogen) atoms. The van der Waals surface area contributed by atoms with Gasteiger partial charge in [0.25, 0.3) is 5.69 Å². The molecule has 0 bridgehead atoms. The maximum absolute atomic E-state index is 11.5. The Morgan fingerprint density at radius 2 is 2.05 bits per heavy atom. The Morgan fingerprint density at radius 3 is 2.58 bits per heavy atom. The number of benzene rings is 1. The van der Waals surface area contributed by atoms with Crippen LogP contribution in [0.5, 0.6) is 0 Å². The lowest BCUT2D eigenvalue weighted by molar-refractivity contribution is -0.384. The predicted octanol–water partition coefficient (Wildman–Crippen LogP) is 2.01. The Kier molecular flexibility index (Phi) is 3.70. The molecule has 1 fully saturated rings. The van der Waals surface area contributed by atoms with Crippen LogP contribution in [0.15, 0.2) is 41.5 Å². The van der Waals surface area contributed by atoms with E-state index in [4.69, 9.17) is 0 Å². The van der Waals surface area contributed by atoms with Crippen molar-refractivity contribution < 1.29 is 9.72 Å². The van der Waals surface area contributed by atoms with Gasteiger partial charge in [0.05, 0.1) is 11.1 Å². The summed E-state index contributed by atoms with van der Waals surface area (Å²) in [6.45, 7) is 3.77. The van der Waals surface area contributed by atoms with Crippen LogP contribution in [0.4, 0.5) is 5.69 Å². The Balaban J connectivity index is 1.86. The van der Waals surface area contributed by atoms with Crippen molar-refractivity contribution in [3.8, 4) is 0 Å². The van der Waals surface area contributed by atoms with Crippen LogP contribution in [0, 0.1) is 16.0 Å². The zero-order valence-corrected chi connectivity index (χ0v) is 10.2. The minimum Gasteiger partial charge on any atom is -0.273 e. The van der Waals surface area contributed by atoms with Gasteiger partial charge in [-0.25, -0.2) is 5.43 Å². The number of rotatable bonds is 4. The topological polar surface area (TPSA) is 84.6 Å². The predicted molar refractivity (Wildman–Crippen MR) is 70.7 cm³/mol. The number of nitrogens with zero attached hydrogens (tertiary/aromatic N) is 2. The molecular weight excluding hydrogens is 246 g/mol. The van der Waals surface area contributed by atoms with Gasteiger partial charge >= 0.3 is 0 Å². The van der Waals surface area contributed by atoms with Gasteiger partial charge in [-0.05, 0) is 30.5 Å². The van der Waals surface area contributed by atoms with E-state index < -0.39 is 4.92 Å². The lowest BCUT2D eigenvalue weighted by atomic mass is 9.81. The first kappa shape index (κ1) is 12.9. The average molecular weight is 259 g/mol. The third-order valence-corrected chi connectivity index (χ3v) is 2.93. The van der Waals surface area contributed by atoms with Gasteiger partial charge in [-0.15, -0.1) is 0 Å². The molecule has 0 radical (unpaired) electrons. The van der Waals surface area contributed by atoms with E-state index in [9.17, 15) is 14.9 Å². The van der Waals surface area contributed by atoms with Crippen LogP contribution < -0.4 is 5.43 Å². The van der Waals surface area contributed by atoms with E-state index in [1.54, 1.807) is 12.1 Å². The summed E-state index contributed by atoms with van der Waals surface area (Å²) in [6, 6.07) is 5.91. The standard InChI is InChI=1S/C13H13N3O3/c1-9-6-11(7-9)13(17)15-14-8-10-2-4-12(5-3-10)16(18)19/h2-5,8,11H,1,6-7H2,(H,15,17)/b14-8-. The van der Waals surface area contributed by atoms with Crippen molar-refractivity contribution in [3.05, 3.63) is 52.1 Å². The van der Waals surface area contributed by atoms with Gasteiger partial charge in [0.2, 0.25) is 5.91 Å². The van der Waals surface area contributed by atoms with Crippen molar-refractivity contribution in [2.75, 3.05) is 0 Å². The zero-order valence-electron chi connectivity index (χ0n) is 10.2. The number of hydrazone groups is 1. The molecule has 0 unspecified atom stereocenters. The molecule has 0 aromatic heterocycles. The van der Waals surface area contributed by atoms with Crippen LogP contribution in [-0.2, 0) is 4.79 Å². The average Bonchev–Trinajstić information content (AvgIpc) is 2.35. The van der Waals surface area contributed by atoms with E-state index >= 15 is 0 Å². The molecule has 1 saturated carbocycles. The summed E-state index contributed by atoms with van der Waals surface area (Å²) in [4.78, 5) is 21.5. The Bertz CT molecular complexity index is 541. The number of hydrogen-bond acceptors (Lipinski definition) is 4. The number of nitro benzene ring substituents is 1. The second-order valence-electron chi connectivity index (χ2n) is 4.44. The van der Waals surface area contributed by atoms with Gasteiger partial charge in [-0.1, -0.05) is 12.2 Å². The summed E-state index contributed by atoms with van der Waals surface area (Å²) in [7, 11) is 0. The molecule has 1 aliphatic rings. The molecule has 6 nitrogen and oxygen atoms in total. The van der Waals surface area contributed by atoms with Crippen molar-refractivity contribution >= 4 is 17.8 Å². The van der Waals surface area contributed by atoms with E-state index in [1.165, 1.54) is 18.3 Å². The molecule has 1 aliphatic carbocycles. The Hall–Kier alpha value is -2.50. The van der Waals surface area contributed by atoms with Crippen LogP contribution in [0.3, 0.4) is 0 Å². The first-order valence-electron chi connectivity index (χ1n) is 5.80. The van der Waals surface area contributed by atoms with Gasteiger partial charge in [-0.3, -0.25) is 14.9 Å². The molecule has 0 heterocycles. The molecule has 0 aliphatic heterocycles. The first-order chi connectivity index (χ1) is 9.06. The molecule has 0 atom stereocenters. The third-order valence-electron chi connectivity index (χ3n) is 2.93. The number of nitrogens with one attached hydrogen (secondary N) is 1. The minimum absolute atomic E-state index is 0.0224. The van der Waals surface area contributed by atoms with E-state index in [0.29, 0.717) is 5.56 Å². The highest BCUT2D eigenvalue weighted by atomic mass is 16.6. The molecular formula is C13H13N3O3. The molecule has 6 heteroatoms. The number of allylic oxidation sites excluding steroid dienone is 1. The van der Waals surface area contributed by atoms with Crippen molar-refractivity contribution in [2.45, 2.75) is 12.8 Å². The summed E-state index contributed by atoms with van der Waals surface area (Å²) < 4.78 is 0. The summed E-state index contributed by atoms with van der Waals surface area (Å²) in [5.74, 6) is -0.146. The lowest BCUT2D eigenvalue weighted by Gasteiger charge is -2.25. The van der Waals surface area contributed by atoms with Crippen molar-refractivity contribution in [2.24, 2.45) is 11.0 Å². The maximum Gasteiger partial charge on any atom is 0.269 e. The van der Waals surface area contributed by atoms with Gasteiger partial charge in [0.15, 0.2) is 0 Å². The summed E-state index contributed by atoms with van der Waals surface area (Å²) >= 11 is 0. The normalized spacial score (nSPS) is 15.3. The molecule has 1 amide bonds. The highest BCUT2D eigenvalue weighted by Gasteiger charge is 2.27. The van der Waals surface area contributed by atoms with Crippen molar-refractivity contribution in [1.29, 1.82) is 0 Å². The van der Waals surface area contributed by atoms with Gasteiger partial charge in [0.1, 0.15) is 0 Å². The number of amides is 1. The molecule has 1 aromatic rings. The zero-order chi connectivity index (χ0) is 13.8. The van der Waals surface area contributed by atoms with Crippen LogP contribution in [-0.4, -0.2) is 17.0 Å². The van der Waals surface area contributed by atoms with Crippen LogP contribution >= 0.6 is 0 Å². The number of nitro groups is 1. The monoisotopic (exact) mass is 259 g/mol. The lowest BCUT2D eigenvalue weighted by Crippen LogP contribution is -2.32. The fraction of sp³-hybridized carbons (Fsp3) is 0.231. The maximum atomic E-state index is 11.5. The van der Waals surface area contributed by atoms with Crippen molar-refractivity contribution in [1.82, 2.24) is 5.43 Å². The summed E-state index contributed by atoms with van der Waals surface area (Å²) in [5.41, 5.74) is 4.24. The van der Waals surface area contributed by atoms with Gasteiger partial charge < -0.3 is 0 Å².